The van der Waals surface area contributed by atoms with Gasteiger partial charge in [0.05, 0.1) is 0 Å². The van der Waals surface area contributed by atoms with E-state index in [2.05, 4.69) is 21.2 Å². The summed E-state index contributed by atoms with van der Waals surface area (Å²) in [7, 11) is 0. The van der Waals surface area contributed by atoms with Crippen LogP contribution in [0.4, 0.5) is 0 Å². The van der Waals surface area contributed by atoms with Crippen molar-refractivity contribution in [2.75, 3.05) is 6.61 Å². The lowest BCUT2D eigenvalue weighted by molar-refractivity contribution is -0.143. The van der Waals surface area contributed by atoms with Crippen LogP contribution < -0.4 is 10.1 Å². The molecule has 3 rings (SSSR count). The van der Waals surface area contributed by atoms with Gasteiger partial charge in [-0.3, -0.25) is 9.59 Å². The summed E-state index contributed by atoms with van der Waals surface area (Å²) in [4.78, 5) is 28.9. The minimum absolute atomic E-state index is 0.176. The van der Waals surface area contributed by atoms with Crippen LogP contribution in [0.25, 0.3) is 0 Å². The molecule has 0 aliphatic rings. The van der Waals surface area contributed by atoms with Gasteiger partial charge in [-0.1, -0.05) is 76.1 Å². The van der Waals surface area contributed by atoms with E-state index in [4.69, 9.17) is 16.3 Å². The zero-order valence-electron chi connectivity index (χ0n) is 22.0. The summed E-state index contributed by atoms with van der Waals surface area (Å²) >= 11 is 10.0. The van der Waals surface area contributed by atoms with Gasteiger partial charge in [0, 0.05) is 28.0 Å². The molecule has 7 heteroatoms. The number of aryl methyl sites for hydroxylation is 2. The van der Waals surface area contributed by atoms with Gasteiger partial charge in [0.2, 0.25) is 5.91 Å². The van der Waals surface area contributed by atoms with Gasteiger partial charge in [0.1, 0.15) is 11.8 Å². The van der Waals surface area contributed by atoms with Crippen LogP contribution in [0.3, 0.4) is 0 Å². The Morgan fingerprint density at radius 1 is 1.00 bits per heavy atom. The molecule has 0 aliphatic heterocycles. The Hall–Kier alpha value is -2.83. The van der Waals surface area contributed by atoms with Crippen LogP contribution in [0, 0.1) is 13.8 Å². The van der Waals surface area contributed by atoms with Gasteiger partial charge >= 0.3 is 0 Å². The van der Waals surface area contributed by atoms with Gasteiger partial charge in [0.25, 0.3) is 5.91 Å². The van der Waals surface area contributed by atoms with Crippen molar-refractivity contribution in [2.24, 2.45) is 0 Å². The summed E-state index contributed by atoms with van der Waals surface area (Å²) in [5.74, 6) is 0.0678. The van der Waals surface area contributed by atoms with Gasteiger partial charge in [0.15, 0.2) is 6.61 Å². The quantitative estimate of drug-likeness (QED) is 0.306. The number of nitrogens with zero attached hydrogens (tertiary/aromatic N) is 1. The molecule has 0 saturated carbocycles. The number of amides is 2. The normalized spacial score (nSPS) is 12.1. The number of hydrogen-bond donors (Lipinski definition) is 1. The molecular weight excluding hydrogens is 552 g/mol. The Kier molecular flexibility index (Phi) is 9.80. The maximum atomic E-state index is 13.7. The standard InChI is InChI=1S/C30H34BrClN2O3/c1-20-15-24(16-21(2)28(20)31)37-19-27(35)34(18-23-13-9-10-14-25(23)32)26(29(36)33-30(3,4)5)17-22-11-7-6-8-12-22/h6-16,26H,17-19H2,1-5H3,(H,33,36)/t26-/m1/s1. The van der Waals surface area contributed by atoms with E-state index in [1.54, 1.807) is 11.0 Å². The molecule has 0 spiro atoms. The highest BCUT2D eigenvalue weighted by molar-refractivity contribution is 9.10. The van der Waals surface area contributed by atoms with E-state index in [9.17, 15) is 9.59 Å². The number of halogens is 2. The van der Waals surface area contributed by atoms with Crippen LogP contribution in [0.2, 0.25) is 5.02 Å². The Morgan fingerprint density at radius 2 is 1.59 bits per heavy atom. The highest BCUT2D eigenvalue weighted by Crippen LogP contribution is 2.27. The molecule has 0 unspecified atom stereocenters. The minimum Gasteiger partial charge on any atom is -0.484 e. The van der Waals surface area contributed by atoms with E-state index in [1.807, 2.05) is 95.3 Å². The number of rotatable bonds is 9. The summed E-state index contributed by atoms with van der Waals surface area (Å²) in [5, 5.41) is 3.60. The van der Waals surface area contributed by atoms with Crippen LogP contribution in [-0.4, -0.2) is 34.9 Å². The fraction of sp³-hybridized carbons (Fsp3) is 0.333. The molecule has 0 aromatic heterocycles. The fourth-order valence-electron chi connectivity index (χ4n) is 4.03. The van der Waals surface area contributed by atoms with Crippen molar-refractivity contribution >= 4 is 39.3 Å². The van der Waals surface area contributed by atoms with Crippen LogP contribution in [-0.2, 0) is 22.6 Å². The van der Waals surface area contributed by atoms with Gasteiger partial charge in [-0.15, -0.1) is 0 Å². The molecule has 1 N–H and O–H groups in total. The summed E-state index contributed by atoms with van der Waals surface area (Å²) in [6.45, 7) is 9.68. The summed E-state index contributed by atoms with van der Waals surface area (Å²) in [5.41, 5.74) is 3.28. The second-order valence-electron chi connectivity index (χ2n) is 10.2. The van der Waals surface area contributed by atoms with E-state index in [0.29, 0.717) is 17.2 Å². The first-order valence-corrected chi connectivity index (χ1v) is 13.4. The number of nitrogens with one attached hydrogen (secondary N) is 1. The van der Waals surface area contributed by atoms with Crippen molar-refractivity contribution in [3.63, 3.8) is 0 Å². The smallest absolute Gasteiger partial charge is 0.261 e. The molecule has 0 fully saturated rings. The van der Waals surface area contributed by atoms with Crippen molar-refractivity contribution in [1.82, 2.24) is 10.2 Å². The molecule has 0 aliphatic carbocycles. The largest absolute Gasteiger partial charge is 0.484 e. The molecule has 3 aromatic carbocycles. The second-order valence-corrected chi connectivity index (χ2v) is 11.4. The highest BCUT2D eigenvalue weighted by Gasteiger charge is 2.32. The van der Waals surface area contributed by atoms with Crippen LogP contribution in [0.5, 0.6) is 5.75 Å². The third-order valence-corrected chi connectivity index (χ3v) is 7.46. The average molecular weight is 586 g/mol. The van der Waals surface area contributed by atoms with E-state index in [0.717, 1.165) is 26.7 Å². The predicted molar refractivity (Wildman–Crippen MR) is 153 cm³/mol. The Morgan fingerprint density at radius 3 is 2.19 bits per heavy atom. The summed E-state index contributed by atoms with van der Waals surface area (Å²) in [6, 6.07) is 20.1. The number of benzene rings is 3. The monoisotopic (exact) mass is 584 g/mol. The molecule has 0 radical (unpaired) electrons. The zero-order valence-corrected chi connectivity index (χ0v) is 24.3. The van der Waals surface area contributed by atoms with Crippen LogP contribution >= 0.6 is 27.5 Å². The molecule has 196 valence electrons. The van der Waals surface area contributed by atoms with Crippen molar-refractivity contribution in [3.8, 4) is 5.75 Å². The zero-order chi connectivity index (χ0) is 27.2. The molecule has 0 heterocycles. The highest BCUT2D eigenvalue weighted by atomic mass is 79.9. The minimum atomic E-state index is -0.762. The van der Waals surface area contributed by atoms with Crippen LogP contribution in [0.15, 0.2) is 71.2 Å². The summed E-state index contributed by atoms with van der Waals surface area (Å²) < 4.78 is 6.95. The van der Waals surface area contributed by atoms with Crippen molar-refractivity contribution in [1.29, 1.82) is 0 Å². The molecule has 0 bridgehead atoms. The third kappa shape index (κ3) is 8.34. The lowest BCUT2D eigenvalue weighted by atomic mass is 10.0. The maximum absolute atomic E-state index is 13.7. The molecule has 37 heavy (non-hydrogen) atoms. The first-order valence-electron chi connectivity index (χ1n) is 12.2. The molecular formula is C30H34BrClN2O3. The first kappa shape index (κ1) is 28.7. The molecule has 1 atom stereocenters. The topological polar surface area (TPSA) is 58.6 Å². The number of hydrogen-bond acceptors (Lipinski definition) is 3. The van der Waals surface area contributed by atoms with Crippen molar-refractivity contribution in [3.05, 3.63) is 98.5 Å². The van der Waals surface area contributed by atoms with Crippen LogP contribution in [0.1, 0.15) is 43.0 Å². The van der Waals surface area contributed by atoms with E-state index < -0.39 is 11.6 Å². The van der Waals surface area contributed by atoms with E-state index in [-0.39, 0.29) is 25.0 Å². The molecule has 0 saturated heterocycles. The Bertz CT molecular complexity index is 1220. The van der Waals surface area contributed by atoms with Gasteiger partial charge in [-0.05, 0) is 75.1 Å². The van der Waals surface area contributed by atoms with Crippen molar-refractivity contribution < 1.29 is 14.3 Å². The third-order valence-electron chi connectivity index (χ3n) is 5.84. The number of ether oxygens (including phenoxy) is 1. The van der Waals surface area contributed by atoms with Crippen molar-refractivity contribution in [2.45, 2.75) is 59.2 Å². The fourth-order valence-corrected chi connectivity index (χ4v) is 4.46. The second kappa shape index (κ2) is 12.6. The molecule has 2 amide bonds. The predicted octanol–water partition coefficient (Wildman–Crippen LogP) is 6.65. The Balaban J connectivity index is 1.95. The van der Waals surface area contributed by atoms with E-state index >= 15 is 0 Å². The van der Waals surface area contributed by atoms with E-state index in [1.165, 1.54) is 0 Å². The molecule has 5 nitrogen and oxygen atoms in total. The lowest BCUT2D eigenvalue weighted by Gasteiger charge is -2.34. The summed E-state index contributed by atoms with van der Waals surface area (Å²) in [6.07, 6.45) is 0.357. The SMILES string of the molecule is Cc1cc(OCC(=O)N(Cc2ccccc2Cl)[C@H](Cc2ccccc2)C(=O)NC(C)(C)C)cc(C)c1Br. The van der Waals surface area contributed by atoms with Gasteiger partial charge in [-0.25, -0.2) is 0 Å². The number of carbonyl (C=O) groups excluding carboxylic acids is 2. The number of carbonyl (C=O) groups is 2. The van der Waals surface area contributed by atoms with Gasteiger partial charge < -0.3 is 15.0 Å². The van der Waals surface area contributed by atoms with Gasteiger partial charge in [-0.2, -0.15) is 0 Å². The average Bonchev–Trinajstić information content (AvgIpc) is 2.83. The Labute approximate surface area is 233 Å². The maximum Gasteiger partial charge on any atom is 0.261 e. The molecule has 3 aromatic rings. The first-order chi connectivity index (χ1) is 17.4. The lowest BCUT2D eigenvalue weighted by Crippen LogP contribution is -2.55.